The molecule has 0 saturated heterocycles. The van der Waals surface area contributed by atoms with E-state index in [4.69, 9.17) is 11.6 Å². The minimum Gasteiger partial charge on any atom is -0.506 e. The number of halogens is 1. The van der Waals surface area contributed by atoms with Crippen molar-refractivity contribution in [1.82, 2.24) is 5.32 Å². The molecule has 2 atom stereocenters. The van der Waals surface area contributed by atoms with Crippen molar-refractivity contribution in [1.29, 1.82) is 0 Å². The van der Waals surface area contributed by atoms with Crippen LogP contribution in [0.25, 0.3) is 0 Å². The van der Waals surface area contributed by atoms with Gasteiger partial charge in [0.25, 0.3) is 10.0 Å². The van der Waals surface area contributed by atoms with Crippen molar-refractivity contribution in [2.75, 3.05) is 17.9 Å². The van der Waals surface area contributed by atoms with Gasteiger partial charge in [0.1, 0.15) is 5.75 Å². The SMILES string of the molecule is O=S(=O)(Nc1cc(C[C@@H](CO)NC[C@@H](O)c2cccc(Cl)c2)ccc1O)c1ccccc1. The fourth-order valence-corrected chi connectivity index (χ4v) is 4.48. The van der Waals surface area contributed by atoms with Crippen molar-refractivity contribution < 1.29 is 23.7 Å². The van der Waals surface area contributed by atoms with Crippen LogP contribution < -0.4 is 10.0 Å². The van der Waals surface area contributed by atoms with Crippen molar-refractivity contribution in [2.24, 2.45) is 0 Å². The lowest BCUT2D eigenvalue weighted by Crippen LogP contribution is -2.37. The highest BCUT2D eigenvalue weighted by Crippen LogP contribution is 2.27. The highest BCUT2D eigenvalue weighted by atomic mass is 35.5. The van der Waals surface area contributed by atoms with E-state index in [0.29, 0.717) is 22.6 Å². The second-order valence-electron chi connectivity index (χ2n) is 7.33. The van der Waals surface area contributed by atoms with Crippen LogP contribution in [0.1, 0.15) is 17.2 Å². The Balaban J connectivity index is 1.67. The molecular formula is C23H25ClN2O5S. The first-order chi connectivity index (χ1) is 15.3. The summed E-state index contributed by atoms with van der Waals surface area (Å²) < 4.78 is 27.5. The summed E-state index contributed by atoms with van der Waals surface area (Å²) in [7, 11) is -3.86. The van der Waals surface area contributed by atoms with Crippen LogP contribution in [0.5, 0.6) is 5.75 Å². The van der Waals surface area contributed by atoms with Gasteiger partial charge in [0, 0.05) is 17.6 Å². The molecule has 170 valence electrons. The highest BCUT2D eigenvalue weighted by Gasteiger charge is 2.17. The van der Waals surface area contributed by atoms with Gasteiger partial charge in [-0.3, -0.25) is 4.72 Å². The van der Waals surface area contributed by atoms with E-state index in [1.54, 1.807) is 48.5 Å². The maximum Gasteiger partial charge on any atom is 0.262 e. The summed E-state index contributed by atoms with van der Waals surface area (Å²) in [6.45, 7) is -0.00857. The van der Waals surface area contributed by atoms with Gasteiger partial charge in [0.15, 0.2) is 0 Å². The predicted octanol–water partition coefficient (Wildman–Crippen LogP) is 3.07. The second-order valence-corrected chi connectivity index (χ2v) is 9.45. The summed E-state index contributed by atoms with van der Waals surface area (Å²) in [4.78, 5) is 0.0784. The number of sulfonamides is 1. The van der Waals surface area contributed by atoms with Crippen molar-refractivity contribution in [3.05, 3.63) is 88.9 Å². The lowest BCUT2D eigenvalue weighted by Gasteiger charge is -2.20. The largest absolute Gasteiger partial charge is 0.506 e. The van der Waals surface area contributed by atoms with Crippen molar-refractivity contribution in [3.63, 3.8) is 0 Å². The minimum absolute atomic E-state index is 0.0435. The van der Waals surface area contributed by atoms with E-state index in [2.05, 4.69) is 10.0 Å². The van der Waals surface area contributed by atoms with Crippen LogP contribution in [-0.4, -0.2) is 42.9 Å². The van der Waals surface area contributed by atoms with E-state index in [-0.39, 0.29) is 29.5 Å². The molecule has 9 heteroatoms. The first-order valence-electron chi connectivity index (χ1n) is 9.96. The van der Waals surface area contributed by atoms with Gasteiger partial charge in [0.05, 0.1) is 23.3 Å². The number of phenols is 1. The molecule has 0 aliphatic rings. The summed E-state index contributed by atoms with van der Waals surface area (Å²) >= 11 is 5.96. The van der Waals surface area contributed by atoms with Gasteiger partial charge in [-0.2, -0.15) is 0 Å². The fourth-order valence-electron chi connectivity index (χ4n) is 3.19. The number of aliphatic hydroxyl groups is 2. The molecule has 0 heterocycles. The molecule has 0 amide bonds. The predicted molar refractivity (Wildman–Crippen MR) is 124 cm³/mol. The number of aliphatic hydroxyl groups excluding tert-OH is 2. The van der Waals surface area contributed by atoms with Crippen LogP contribution >= 0.6 is 11.6 Å². The number of aromatic hydroxyl groups is 1. The van der Waals surface area contributed by atoms with Gasteiger partial charge >= 0.3 is 0 Å². The maximum absolute atomic E-state index is 12.6. The standard InChI is InChI=1S/C23H25ClN2O5S/c24-18-6-4-5-17(13-18)23(29)14-25-19(15-27)11-16-9-10-22(28)21(12-16)26-32(30,31)20-7-2-1-3-8-20/h1-10,12-13,19,23,25-29H,11,14-15H2/t19-,23+/m0/s1. The molecule has 0 spiro atoms. The summed E-state index contributed by atoms with van der Waals surface area (Å²) in [5.41, 5.74) is 1.39. The Morgan fingerprint density at radius 1 is 0.969 bits per heavy atom. The number of rotatable bonds is 10. The van der Waals surface area contributed by atoms with E-state index < -0.39 is 22.2 Å². The maximum atomic E-state index is 12.6. The van der Waals surface area contributed by atoms with E-state index in [1.165, 1.54) is 24.3 Å². The van der Waals surface area contributed by atoms with Crippen LogP contribution in [0.3, 0.4) is 0 Å². The third kappa shape index (κ3) is 6.44. The molecule has 0 bridgehead atoms. The smallest absolute Gasteiger partial charge is 0.262 e. The number of phenolic OH excluding ortho intramolecular Hbond substituents is 1. The highest BCUT2D eigenvalue weighted by molar-refractivity contribution is 7.92. The summed E-state index contributed by atoms with van der Waals surface area (Å²) in [5, 5.41) is 33.9. The van der Waals surface area contributed by atoms with Crippen LogP contribution in [0, 0.1) is 0 Å². The Bertz CT molecular complexity index is 1140. The fraction of sp³-hybridized carbons (Fsp3) is 0.217. The van der Waals surface area contributed by atoms with Gasteiger partial charge < -0.3 is 20.6 Å². The molecule has 0 aromatic heterocycles. The summed E-state index contributed by atoms with van der Waals surface area (Å²) in [6.07, 6.45) is -0.463. The number of nitrogens with one attached hydrogen (secondary N) is 2. The van der Waals surface area contributed by atoms with Gasteiger partial charge in [-0.05, 0) is 53.9 Å². The lowest BCUT2D eigenvalue weighted by molar-refractivity contribution is 0.158. The van der Waals surface area contributed by atoms with E-state index in [9.17, 15) is 23.7 Å². The number of anilines is 1. The molecule has 32 heavy (non-hydrogen) atoms. The third-order valence-electron chi connectivity index (χ3n) is 4.89. The summed E-state index contributed by atoms with van der Waals surface area (Å²) in [5.74, 6) is -0.210. The molecule has 0 radical (unpaired) electrons. The molecule has 3 rings (SSSR count). The van der Waals surface area contributed by atoms with Crippen molar-refractivity contribution >= 4 is 27.3 Å². The average molecular weight is 477 g/mol. The number of hydrogen-bond donors (Lipinski definition) is 5. The van der Waals surface area contributed by atoms with Gasteiger partial charge in [-0.25, -0.2) is 8.42 Å². The Labute approximate surface area is 192 Å². The van der Waals surface area contributed by atoms with Gasteiger partial charge in [-0.15, -0.1) is 0 Å². The molecule has 3 aromatic rings. The Hall–Kier alpha value is -2.62. The summed E-state index contributed by atoms with van der Waals surface area (Å²) in [6, 6.07) is 18.9. The third-order valence-corrected chi connectivity index (χ3v) is 6.51. The van der Waals surface area contributed by atoms with E-state index in [1.807, 2.05) is 0 Å². The Kier molecular flexibility index (Phi) is 8.11. The van der Waals surface area contributed by atoms with Crippen LogP contribution in [-0.2, 0) is 16.4 Å². The monoisotopic (exact) mass is 476 g/mol. The second kappa shape index (κ2) is 10.8. The normalized spacial score (nSPS) is 13.5. The molecule has 0 unspecified atom stereocenters. The average Bonchev–Trinajstić information content (AvgIpc) is 2.79. The van der Waals surface area contributed by atoms with Crippen LogP contribution in [0.15, 0.2) is 77.7 Å². The zero-order valence-corrected chi connectivity index (χ0v) is 18.7. The molecule has 0 aliphatic carbocycles. The van der Waals surface area contributed by atoms with Gasteiger partial charge in [-0.1, -0.05) is 48.0 Å². The Morgan fingerprint density at radius 2 is 1.72 bits per heavy atom. The van der Waals surface area contributed by atoms with Gasteiger partial charge in [0.2, 0.25) is 0 Å². The zero-order valence-electron chi connectivity index (χ0n) is 17.1. The first-order valence-corrected chi connectivity index (χ1v) is 11.8. The topological polar surface area (TPSA) is 119 Å². The van der Waals surface area contributed by atoms with Crippen LogP contribution in [0.2, 0.25) is 5.02 Å². The molecule has 0 saturated carbocycles. The van der Waals surface area contributed by atoms with E-state index in [0.717, 1.165) is 0 Å². The number of hydrogen-bond acceptors (Lipinski definition) is 6. The Morgan fingerprint density at radius 3 is 2.41 bits per heavy atom. The van der Waals surface area contributed by atoms with Crippen LogP contribution in [0.4, 0.5) is 5.69 Å². The molecule has 7 nitrogen and oxygen atoms in total. The lowest BCUT2D eigenvalue weighted by atomic mass is 10.0. The first kappa shape index (κ1) is 24.0. The van der Waals surface area contributed by atoms with E-state index >= 15 is 0 Å². The minimum atomic E-state index is -3.86. The molecule has 3 aromatic carbocycles. The molecular weight excluding hydrogens is 452 g/mol. The molecule has 0 aliphatic heterocycles. The molecule has 5 N–H and O–H groups in total. The number of benzene rings is 3. The van der Waals surface area contributed by atoms with Crippen molar-refractivity contribution in [2.45, 2.75) is 23.5 Å². The molecule has 0 fully saturated rings. The zero-order chi connectivity index (χ0) is 23.1. The van der Waals surface area contributed by atoms with Crippen molar-refractivity contribution in [3.8, 4) is 5.75 Å². The quantitative estimate of drug-likeness (QED) is 0.287.